The fraction of sp³-hybridized carbons (Fsp3) is 0.417. The van der Waals surface area contributed by atoms with Crippen LogP contribution in [0.5, 0.6) is 5.75 Å². The highest BCUT2D eigenvalue weighted by molar-refractivity contribution is 6.31. The van der Waals surface area contributed by atoms with Gasteiger partial charge >= 0.3 is 0 Å². The van der Waals surface area contributed by atoms with Crippen molar-refractivity contribution in [3.63, 3.8) is 0 Å². The molecule has 0 fully saturated rings. The maximum absolute atomic E-state index is 11.6. The predicted octanol–water partition coefficient (Wildman–Crippen LogP) is 3.25. The summed E-state index contributed by atoms with van der Waals surface area (Å²) in [7, 11) is 1.55. The second-order valence-electron chi connectivity index (χ2n) is 3.95. The number of hydrogen-bond donors (Lipinski definition) is 1. The molecule has 1 rings (SSSR count). The number of carbonyl (C=O) groups is 1. The van der Waals surface area contributed by atoms with Gasteiger partial charge in [0.2, 0.25) is 5.91 Å². The van der Waals surface area contributed by atoms with Crippen LogP contribution in [0.25, 0.3) is 0 Å². The summed E-state index contributed by atoms with van der Waals surface area (Å²) in [5, 5.41) is 3.43. The van der Waals surface area contributed by atoms with E-state index in [1.165, 1.54) is 0 Å². The Hall–Kier alpha value is -1.22. The van der Waals surface area contributed by atoms with Gasteiger partial charge in [0, 0.05) is 17.0 Å². The first-order valence-electron chi connectivity index (χ1n) is 5.10. The molecule has 0 radical (unpaired) electrons. The van der Waals surface area contributed by atoms with Gasteiger partial charge in [-0.15, -0.1) is 0 Å². The molecule has 0 bridgehead atoms. The van der Waals surface area contributed by atoms with E-state index in [0.717, 1.165) is 5.56 Å². The monoisotopic (exact) mass is 241 g/mol. The van der Waals surface area contributed by atoms with Crippen molar-refractivity contribution < 1.29 is 9.53 Å². The van der Waals surface area contributed by atoms with Gasteiger partial charge < -0.3 is 10.1 Å². The third-order valence-electron chi connectivity index (χ3n) is 2.26. The Kier molecular flexibility index (Phi) is 4.19. The Morgan fingerprint density at radius 1 is 1.44 bits per heavy atom. The number of benzene rings is 1. The molecule has 4 heteroatoms. The number of methoxy groups -OCH3 is 1. The Labute approximate surface area is 101 Å². The van der Waals surface area contributed by atoms with Gasteiger partial charge in [0.1, 0.15) is 5.75 Å². The van der Waals surface area contributed by atoms with Gasteiger partial charge in [0.05, 0.1) is 12.8 Å². The van der Waals surface area contributed by atoms with Crippen LogP contribution in [-0.4, -0.2) is 13.0 Å². The molecule has 3 nitrogen and oxygen atoms in total. The van der Waals surface area contributed by atoms with E-state index >= 15 is 0 Å². The fourth-order valence-corrected chi connectivity index (χ4v) is 1.36. The van der Waals surface area contributed by atoms with E-state index in [9.17, 15) is 4.79 Å². The summed E-state index contributed by atoms with van der Waals surface area (Å²) in [5.41, 5.74) is 1.56. The zero-order valence-corrected chi connectivity index (χ0v) is 10.7. The van der Waals surface area contributed by atoms with Crippen molar-refractivity contribution in [1.82, 2.24) is 0 Å². The van der Waals surface area contributed by atoms with Crippen molar-refractivity contribution >= 4 is 23.2 Å². The van der Waals surface area contributed by atoms with Crippen LogP contribution in [0.3, 0.4) is 0 Å². The van der Waals surface area contributed by atoms with Crippen molar-refractivity contribution in [2.75, 3.05) is 12.4 Å². The van der Waals surface area contributed by atoms with Crippen molar-refractivity contribution in [3.8, 4) is 5.75 Å². The van der Waals surface area contributed by atoms with Crippen LogP contribution in [0.4, 0.5) is 5.69 Å². The van der Waals surface area contributed by atoms with E-state index in [1.807, 2.05) is 20.8 Å². The van der Waals surface area contributed by atoms with E-state index in [4.69, 9.17) is 16.3 Å². The van der Waals surface area contributed by atoms with Gasteiger partial charge in [-0.3, -0.25) is 4.79 Å². The van der Waals surface area contributed by atoms with Crippen LogP contribution < -0.4 is 10.1 Å². The normalized spacial score (nSPS) is 10.4. The highest BCUT2D eigenvalue weighted by Crippen LogP contribution is 2.31. The topological polar surface area (TPSA) is 38.3 Å². The molecule has 1 aromatic carbocycles. The SMILES string of the molecule is COc1cc(Cl)c(C)cc1NC(=O)C(C)C. The first kappa shape index (κ1) is 12.8. The van der Waals surface area contributed by atoms with Crippen molar-refractivity contribution in [3.05, 3.63) is 22.7 Å². The van der Waals surface area contributed by atoms with E-state index in [2.05, 4.69) is 5.32 Å². The molecule has 16 heavy (non-hydrogen) atoms. The number of hydrogen-bond acceptors (Lipinski definition) is 2. The number of carbonyl (C=O) groups excluding carboxylic acids is 1. The zero-order chi connectivity index (χ0) is 12.3. The molecule has 0 unspecified atom stereocenters. The smallest absolute Gasteiger partial charge is 0.227 e. The van der Waals surface area contributed by atoms with Crippen LogP contribution in [0.15, 0.2) is 12.1 Å². The second kappa shape index (κ2) is 5.21. The van der Waals surface area contributed by atoms with Crippen LogP contribution >= 0.6 is 11.6 Å². The molecule has 0 aliphatic heterocycles. The van der Waals surface area contributed by atoms with Gasteiger partial charge in [-0.05, 0) is 18.6 Å². The van der Waals surface area contributed by atoms with E-state index in [1.54, 1.807) is 19.2 Å². The molecule has 0 atom stereocenters. The molecule has 0 aromatic heterocycles. The first-order chi connectivity index (χ1) is 7.45. The van der Waals surface area contributed by atoms with Crippen molar-refractivity contribution in [1.29, 1.82) is 0 Å². The van der Waals surface area contributed by atoms with E-state index < -0.39 is 0 Å². The fourth-order valence-electron chi connectivity index (χ4n) is 1.21. The third-order valence-corrected chi connectivity index (χ3v) is 2.67. The lowest BCUT2D eigenvalue weighted by Gasteiger charge is -2.13. The number of anilines is 1. The molecule has 0 saturated carbocycles. The minimum absolute atomic E-state index is 0.0416. The molecule has 1 aromatic rings. The standard InChI is InChI=1S/C12H16ClNO2/c1-7(2)12(15)14-10-5-8(3)9(13)6-11(10)16-4/h5-7H,1-4H3,(H,14,15). The van der Waals surface area contributed by atoms with Gasteiger partial charge in [-0.2, -0.15) is 0 Å². The first-order valence-corrected chi connectivity index (χ1v) is 5.48. The average Bonchev–Trinajstić information content (AvgIpc) is 2.22. The number of nitrogens with one attached hydrogen (secondary N) is 1. The summed E-state index contributed by atoms with van der Waals surface area (Å²) in [5.74, 6) is 0.463. The molecule has 88 valence electrons. The third kappa shape index (κ3) is 2.89. The maximum Gasteiger partial charge on any atom is 0.227 e. The molecular weight excluding hydrogens is 226 g/mol. The number of ether oxygens (including phenoxy) is 1. The van der Waals surface area contributed by atoms with E-state index in [0.29, 0.717) is 16.5 Å². The quantitative estimate of drug-likeness (QED) is 0.882. The summed E-state index contributed by atoms with van der Waals surface area (Å²) in [6.07, 6.45) is 0. The summed E-state index contributed by atoms with van der Waals surface area (Å²) in [6.45, 7) is 5.56. The van der Waals surface area contributed by atoms with Crippen molar-refractivity contribution in [2.45, 2.75) is 20.8 Å². The second-order valence-corrected chi connectivity index (χ2v) is 4.35. The molecule has 0 heterocycles. The molecule has 0 aliphatic carbocycles. The van der Waals surface area contributed by atoms with Crippen LogP contribution in [-0.2, 0) is 4.79 Å². The predicted molar refractivity (Wildman–Crippen MR) is 66.2 cm³/mol. The zero-order valence-electron chi connectivity index (χ0n) is 9.93. The van der Waals surface area contributed by atoms with Gasteiger partial charge in [0.15, 0.2) is 0 Å². The lowest BCUT2D eigenvalue weighted by Crippen LogP contribution is -2.18. The van der Waals surface area contributed by atoms with Crippen LogP contribution in [0.1, 0.15) is 19.4 Å². The van der Waals surface area contributed by atoms with Gasteiger partial charge in [0.25, 0.3) is 0 Å². The minimum atomic E-state index is -0.0688. The van der Waals surface area contributed by atoms with Crippen LogP contribution in [0.2, 0.25) is 5.02 Å². The summed E-state index contributed by atoms with van der Waals surface area (Å²) >= 11 is 5.97. The van der Waals surface area contributed by atoms with Crippen molar-refractivity contribution in [2.24, 2.45) is 5.92 Å². The highest BCUT2D eigenvalue weighted by Gasteiger charge is 2.12. The molecule has 0 spiro atoms. The van der Waals surface area contributed by atoms with Crippen LogP contribution in [0, 0.1) is 12.8 Å². The lowest BCUT2D eigenvalue weighted by atomic mass is 10.1. The Morgan fingerprint density at radius 3 is 2.56 bits per heavy atom. The summed E-state index contributed by atoms with van der Waals surface area (Å²) in [6, 6.07) is 3.51. The number of aryl methyl sites for hydroxylation is 1. The summed E-state index contributed by atoms with van der Waals surface area (Å²) in [4.78, 5) is 11.6. The Balaban J connectivity index is 3.03. The van der Waals surface area contributed by atoms with Gasteiger partial charge in [-0.25, -0.2) is 0 Å². The van der Waals surface area contributed by atoms with Gasteiger partial charge in [-0.1, -0.05) is 25.4 Å². The lowest BCUT2D eigenvalue weighted by molar-refractivity contribution is -0.118. The number of rotatable bonds is 3. The average molecular weight is 242 g/mol. The molecule has 1 N–H and O–H groups in total. The summed E-state index contributed by atoms with van der Waals surface area (Å²) < 4.78 is 5.16. The Bertz CT molecular complexity index is 402. The number of halogens is 1. The molecular formula is C12H16ClNO2. The minimum Gasteiger partial charge on any atom is -0.495 e. The molecule has 0 saturated heterocycles. The number of amides is 1. The van der Waals surface area contributed by atoms with E-state index in [-0.39, 0.29) is 11.8 Å². The highest BCUT2D eigenvalue weighted by atomic mass is 35.5. The maximum atomic E-state index is 11.6. The molecule has 0 aliphatic rings. The largest absolute Gasteiger partial charge is 0.495 e. The molecule has 1 amide bonds. The Morgan fingerprint density at radius 2 is 2.06 bits per heavy atom.